The first-order valence-corrected chi connectivity index (χ1v) is 7.71. The second-order valence-electron chi connectivity index (χ2n) is 5.97. The van der Waals surface area contributed by atoms with Gasteiger partial charge in [0.2, 0.25) is 11.8 Å². The summed E-state index contributed by atoms with van der Waals surface area (Å²) < 4.78 is 11.5. The van der Waals surface area contributed by atoms with Crippen molar-refractivity contribution in [2.45, 2.75) is 25.9 Å². The van der Waals surface area contributed by atoms with Crippen molar-refractivity contribution in [2.24, 2.45) is 0 Å². The zero-order chi connectivity index (χ0) is 16.9. The smallest absolute Gasteiger partial charge is 0.242 e. The highest BCUT2D eigenvalue weighted by Crippen LogP contribution is 2.26. The number of benzene rings is 1. The van der Waals surface area contributed by atoms with Gasteiger partial charge in [0.15, 0.2) is 0 Å². The van der Waals surface area contributed by atoms with Gasteiger partial charge in [0.25, 0.3) is 0 Å². The van der Waals surface area contributed by atoms with E-state index in [1.807, 2.05) is 31.2 Å². The van der Waals surface area contributed by atoms with Crippen molar-refractivity contribution in [1.29, 1.82) is 0 Å². The van der Waals surface area contributed by atoms with Crippen LogP contribution in [0.25, 0.3) is 0 Å². The van der Waals surface area contributed by atoms with Crippen LogP contribution >= 0.6 is 0 Å². The Hall–Kier alpha value is -2.08. The number of likely N-dealkylation sites (tertiary alicyclic amines) is 1. The predicted octanol–water partition coefficient (Wildman–Crippen LogP) is 1.13. The highest BCUT2D eigenvalue weighted by Gasteiger charge is 2.41. The number of carbonyl (C=O) groups excluding carboxylic acids is 2. The monoisotopic (exact) mass is 320 g/mol. The Bertz CT molecular complexity index is 575. The summed E-state index contributed by atoms with van der Waals surface area (Å²) in [6, 6.07) is 7.84. The van der Waals surface area contributed by atoms with Crippen LogP contribution in [0.1, 0.15) is 18.9 Å². The lowest BCUT2D eigenvalue weighted by atomic mass is 10.0. The first kappa shape index (κ1) is 17.3. The van der Waals surface area contributed by atoms with Gasteiger partial charge in [-0.3, -0.25) is 9.59 Å². The van der Waals surface area contributed by atoms with Gasteiger partial charge in [-0.15, -0.1) is 0 Å². The van der Waals surface area contributed by atoms with Crippen LogP contribution in [0, 0.1) is 6.92 Å². The number of carbonyl (C=O) groups is 2. The minimum atomic E-state index is -0.504. The largest absolute Gasteiger partial charge is 0.491 e. The number of ether oxygens (including phenoxy) is 2. The fourth-order valence-electron chi connectivity index (χ4n) is 2.63. The average molecular weight is 320 g/mol. The van der Waals surface area contributed by atoms with Crippen LogP contribution in [0.2, 0.25) is 0 Å². The fourth-order valence-corrected chi connectivity index (χ4v) is 2.63. The van der Waals surface area contributed by atoms with E-state index in [0.717, 1.165) is 11.3 Å². The van der Waals surface area contributed by atoms with E-state index in [4.69, 9.17) is 9.47 Å². The van der Waals surface area contributed by atoms with Gasteiger partial charge in [0, 0.05) is 20.6 Å². The highest BCUT2D eigenvalue weighted by atomic mass is 16.5. The SMILES string of the molecule is COC1(COc2cccc(C)c2)CCN(C(=O)CNC(C)=O)C1. The number of nitrogens with zero attached hydrogens (tertiary/aromatic N) is 1. The van der Waals surface area contributed by atoms with Crippen LogP contribution in [0.5, 0.6) is 5.75 Å². The number of aryl methyl sites for hydroxylation is 1. The lowest BCUT2D eigenvalue weighted by molar-refractivity contribution is -0.133. The minimum absolute atomic E-state index is 0.0217. The third kappa shape index (κ3) is 4.69. The van der Waals surface area contributed by atoms with Crippen LogP contribution in [-0.4, -0.2) is 55.7 Å². The number of nitrogens with one attached hydrogen (secondary N) is 1. The zero-order valence-corrected chi connectivity index (χ0v) is 13.9. The van der Waals surface area contributed by atoms with E-state index in [0.29, 0.717) is 26.1 Å². The van der Waals surface area contributed by atoms with Crippen molar-refractivity contribution in [3.8, 4) is 5.75 Å². The maximum atomic E-state index is 12.1. The molecule has 6 heteroatoms. The molecule has 1 heterocycles. The molecular formula is C17H24N2O4. The lowest BCUT2D eigenvalue weighted by Gasteiger charge is -2.28. The summed E-state index contributed by atoms with van der Waals surface area (Å²) in [5.74, 6) is 0.484. The van der Waals surface area contributed by atoms with Gasteiger partial charge in [0.05, 0.1) is 13.1 Å². The van der Waals surface area contributed by atoms with E-state index in [1.54, 1.807) is 12.0 Å². The van der Waals surface area contributed by atoms with Crippen molar-refractivity contribution in [2.75, 3.05) is 33.4 Å². The number of methoxy groups -OCH3 is 1. The summed E-state index contributed by atoms with van der Waals surface area (Å²) in [7, 11) is 1.64. The second kappa shape index (κ2) is 7.46. The van der Waals surface area contributed by atoms with Crippen molar-refractivity contribution >= 4 is 11.8 Å². The van der Waals surface area contributed by atoms with Crippen molar-refractivity contribution in [3.63, 3.8) is 0 Å². The molecule has 1 fully saturated rings. The second-order valence-corrected chi connectivity index (χ2v) is 5.97. The van der Waals surface area contributed by atoms with Crippen LogP contribution in [-0.2, 0) is 14.3 Å². The van der Waals surface area contributed by atoms with Crippen molar-refractivity contribution in [3.05, 3.63) is 29.8 Å². The van der Waals surface area contributed by atoms with Gasteiger partial charge in [-0.05, 0) is 31.0 Å². The van der Waals surface area contributed by atoms with Gasteiger partial charge in [-0.1, -0.05) is 12.1 Å². The zero-order valence-electron chi connectivity index (χ0n) is 13.9. The normalized spacial score (nSPS) is 20.4. The molecule has 1 unspecified atom stereocenters. The molecule has 0 spiro atoms. The maximum absolute atomic E-state index is 12.1. The van der Waals surface area contributed by atoms with Gasteiger partial charge < -0.3 is 19.7 Å². The molecule has 1 atom stereocenters. The summed E-state index contributed by atoms with van der Waals surface area (Å²) in [6.07, 6.45) is 0.709. The Labute approximate surface area is 136 Å². The summed E-state index contributed by atoms with van der Waals surface area (Å²) >= 11 is 0. The Morgan fingerprint density at radius 2 is 2.17 bits per heavy atom. The van der Waals surface area contributed by atoms with Crippen LogP contribution in [0.15, 0.2) is 24.3 Å². The van der Waals surface area contributed by atoms with Crippen LogP contribution < -0.4 is 10.1 Å². The third-order valence-electron chi connectivity index (χ3n) is 4.08. The van der Waals surface area contributed by atoms with E-state index in [9.17, 15) is 9.59 Å². The molecule has 0 bridgehead atoms. The molecule has 0 radical (unpaired) electrons. The molecule has 1 aliphatic heterocycles. The third-order valence-corrected chi connectivity index (χ3v) is 4.08. The first-order chi connectivity index (χ1) is 10.9. The summed E-state index contributed by atoms with van der Waals surface area (Å²) in [6.45, 7) is 4.88. The molecule has 2 amide bonds. The van der Waals surface area contributed by atoms with Gasteiger partial charge >= 0.3 is 0 Å². The Balaban J connectivity index is 1.91. The van der Waals surface area contributed by atoms with Gasteiger partial charge in [0.1, 0.15) is 18.0 Å². The summed E-state index contributed by atoms with van der Waals surface area (Å²) in [4.78, 5) is 24.7. The molecule has 1 aliphatic rings. The molecule has 23 heavy (non-hydrogen) atoms. The van der Waals surface area contributed by atoms with Gasteiger partial charge in [-0.25, -0.2) is 0 Å². The molecule has 1 saturated heterocycles. The number of hydrogen-bond donors (Lipinski definition) is 1. The Morgan fingerprint density at radius 3 is 2.83 bits per heavy atom. The van der Waals surface area contributed by atoms with E-state index in [1.165, 1.54) is 6.92 Å². The molecule has 2 rings (SSSR count). The van der Waals surface area contributed by atoms with Crippen molar-refractivity contribution < 1.29 is 19.1 Å². The predicted molar refractivity (Wildman–Crippen MR) is 86.3 cm³/mol. The van der Waals surface area contributed by atoms with E-state index < -0.39 is 5.60 Å². The molecule has 1 aromatic rings. The Kier molecular flexibility index (Phi) is 5.60. The van der Waals surface area contributed by atoms with Crippen LogP contribution in [0.3, 0.4) is 0 Å². The van der Waals surface area contributed by atoms with Gasteiger partial charge in [-0.2, -0.15) is 0 Å². The molecular weight excluding hydrogens is 296 g/mol. The first-order valence-electron chi connectivity index (χ1n) is 7.71. The highest BCUT2D eigenvalue weighted by molar-refractivity contribution is 5.83. The molecule has 6 nitrogen and oxygen atoms in total. The van der Waals surface area contributed by atoms with E-state index in [2.05, 4.69) is 5.32 Å². The number of rotatable bonds is 6. The Morgan fingerprint density at radius 1 is 1.39 bits per heavy atom. The van der Waals surface area contributed by atoms with Crippen LogP contribution in [0.4, 0.5) is 0 Å². The molecule has 0 aliphatic carbocycles. The van der Waals surface area contributed by atoms with Crippen molar-refractivity contribution in [1.82, 2.24) is 10.2 Å². The standard InChI is InChI=1S/C17H24N2O4/c1-13-5-4-6-15(9-13)23-12-17(22-3)7-8-19(11-17)16(21)10-18-14(2)20/h4-6,9H,7-8,10-12H2,1-3H3,(H,18,20). The average Bonchev–Trinajstić information content (AvgIpc) is 2.96. The number of amides is 2. The summed E-state index contributed by atoms with van der Waals surface area (Å²) in [5, 5.41) is 2.53. The summed E-state index contributed by atoms with van der Waals surface area (Å²) in [5.41, 5.74) is 0.628. The molecule has 126 valence electrons. The van der Waals surface area contributed by atoms with E-state index in [-0.39, 0.29) is 18.4 Å². The molecule has 0 saturated carbocycles. The molecule has 1 N–H and O–H groups in total. The topological polar surface area (TPSA) is 67.9 Å². The maximum Gasteiger partial charge on any atom is 0.242 e. The van der Waals surface area contributed by atoms with E-state index >= 15 is 0 Å². The number of hydrogen-bond acceptors (Lipinski definition) is 4. The molecule has 1 aromatic carbocycles. The fraction of sp³-hybridized carbons (Fsp3) is 0.529. The lowest BCUT2D eigenvalue weighted by Crippen LogP contribution is -2.44. The molecule has 0 aromatic heterocycles. The minimum Gasteiger partial charge on any atom is -0.491 e. The quantitative estimate of drug-likeness (QED) is 0.853.